The zero-order chi connectivity index (χ0) is 36.9. The molecule has 55 heavy (non-hydrogen) atoms. The van der Waals surface area contributed by atoms with Crippen molar-refractivity contribution in [1.82, 2.24) is 14.0 Å². The first kappa shape index (κ1) is 32.5. The normalized spacial score (nSPS) is 11.5. The summed E-state index contributed by atoms with van der Waals surface area (Å²) in [5.41, 5.74) is 17.1. The first-order valence-electron chi connectivity index (χ1n) is 18.8. The van der Waals surface area contributed by atoms with Crippen molar-refractivity contribution < 1.29 is 0 Å². The first-order chi connectivity index (χ1) is 27.1. The second-order valence-electron chi connectivity index (χ2n) is 14.4. The molecule has 0 unspecified atom stereocenters. The number of benzene rings is 7. The van der Waals surface area contributed by atoms with E-state index in [-0.39, 0.29) is 0 Å². The largest absolute Gasteiger partial charge is 0.311 e. The highest BCUT2D eigenvalue weighted by Gasteiger charge is 2.17. The molecule has 10 rings (SSSR count). The van der Waals surface area contributed by atoms with Crippen molar-refractivity contribution in [2.75, 3.05) is 4.90 Å². The van der Waals surface area contributed by atoms with E-state index < -0.39 is 0 Å². The van der Waals surface area contributed by atoms with Crippen LogP contribution in [0.5, 0.6) is 0 Å². The second kappa shape index (κ2) is 13.4. The van der Waals surface area contributed by atoms with Crippen LogP contribution in [0.15, 0.2) is 194 Å². The smallest absolute Gasteiger partial charge is 0.137 e. The van der Waals surface area contributed by atoms with Crippen LogP contribution >= 0.6 is 0 Å². The monoisotopic (exact) mass is 706 g/mol. The molecular formula is C51H38N4. The van der Waals surface area contributed by atoms with Crippen molar-refractivity contribution >= 4 is 44.5 Å². The average Bonchev–Trinajstić information content (AvgIpc) is 3.82. The fraction of sp³-hybridized carbons (Fsp3) is 0.0392. The molecule has 0 aliphatic rings. The molecule has 0 radical (unpaired) electrons. The first-order valence-corrected chi connectivity index (χ1v) is 18.8. The predicted molar refractivity (Wildman–Crippen MR) is 230 cm³/mol. The maximum Gasteiger partial charge on any atom is 0.137 e. The minimum atomic E-state index is 0.939. The standard InChI is InChI=1S/C51H38N4/c1-35-11-15-37(16-12-35)40-21-29-49-46(32-40)47-33-41(38-17-13-36(2)14-18-38)22-30-50(47)55(49)45-27-25-44(26-28-45)54(42-8-4-3-5-9-42)43-23-19-39(20-24-43)48-34-53-31-7-6-10-51(53)52-48/h3-34H,1-2H3. The Balaban J connectivity index is 1.07. The molecule has 0 fully saturated rings. The topological polar surface area (TPSA) is 25.5 Å². The SMILES string of the molecule is Cc1ccc(-c2ccc3c(c2)c2cc(-c4ccc(C)cc4)ccc2n3-c2ccc(N(c3ccccc3)c3ccc(-c4cn5ccccc5n4)cc3)cc2)cc1. The van der Waals surface area contributed by atoms with Crippen LogP contribution in [0.4, 0.5) is 17.1 Å². The lowest BCUT2D eigenvalue weighted by Crippen LogP contribution is -2.10. The molecule has 4 heteroatoms. The summed E-state index contributed by atoms with van der Waals surface area (Å²) in [5, 5.41) is 2.48. The predicted octanol–water partition coefficient (Wildman–Crippen LogP) is 13.5. The number of anilines is 3. The number of rotatable bonds is 7. The number of aryl methyl sites for hydroxylation is 2. The molecule has 0 aliphatic carbocycles. The van der Waals surface area contributed by atoms with Crippen LogP contribution < -0.4 is 4.90 Å². The molecule has 0 saturated carbocycles. The Morgan fingerprint density at radius 1 is 0.436 bits per heavy atom. The molecule has 0 bridgehead atoms. The van der Waals surface area contributed by atoms with E-state index in [1.54, 1.807) is 0 Å². The minimum absolute atomic E-state index is 0.939. The van der Waals surface area contributed by atoms with E-state index in [0.29, 0.717) is 0 Å². The Morgan fingerprint density at radius 2 is 0.927 bits per heavy atom. The maximum absolute atomic E-state index is 4.84. The molecule has 0 atom stereocenters. The van der Waals surface area contributed by atoms with Crippen molar-refractivity contribution in [3.05, 3.63) is 206 Å². The molecule has 0 saturated heterocycles. The van der Waals surface area contributed by atoms with Crippen LogP contribution in [0, 0.1) is 13.8 Å². The number of fused-ring (bicyclic) bond motifs is 4. The number of para-hydroxylation sites is 1. The molecule has 0 spiro atoms. The molecule has 0 amide bonds. The van der Waals surface area contributed by atoms with E-state index in [0.717, 1.165) is 39.7 Å². The lowest BCUT2D eigenvalue weighted by atomic mass is 9.99. The van der Waals surface area contributed by atoms with Crippen molar-refractivity contribution in [3.63, 3.8) is 0 Å². The van der Waals surface area contributed by atoms with Gasteiger partial charge in [0.15, 0.2) is 0 Å². The summed E-state index contributed by atoms with van der Waals surface area (Å²) >= 11 is 0. The summed E-state index contributed by atoms with van der Waals surface area (Å²) in [4.78, 5) is 7.15. The zero-order valence-electron chi connectivity index (χ0n) is 30.8. The summed E-state index contributed by atoms with van der Waals surface area (Å²) in [6, 6.07) is 65.7. The summed E-state index contributed by atoms with van der Waals surface area (Å²) in [5.74, 6) is 0. The summed E-state index contributed by atoms with van der Waals surface area (Å²) in [6.45, 7) is 4.27. The summed E-state index contributed by atoms with van der Waals surface area (Å²) in [7, 11) is 0. The lowest BCUT2D eigenvalue weighted by molar-refractivity contribution is 1.17. The molecule has 3 aromatic heterocycles. The molecule has 0 aliphatic heterocycles. The summed E-state index contributed by atoms with van der Waals surface area (Å²) in [6.07, 6.45) is 4.12. The van der Waals surface area contributed by atoms with Crippen molar-refractivity contribution in [1.29, 1.82) is 0 Å². The summed E-state index contributed by atoms with van der Waals surface area (Å²) < 4.78 is 4.47. The average molecular weight is 707 g/mol. The van der Waals surface area contributed by atoms with E-state index in [1.807, 2.05) is 24.4 Å². The molecule has 0 N–H and O–H groups in total. The number of hydrogen-bond acceptors (Lipinski definition) is 2. The van der Waals surface area contributed by atoms with Gasteiger partial charge in [-0.3, -0.25) is 0 Å². The third-order valence-electron chi connectivity index (χ3n) is 10.7. The van der Waals surface area contributed by atoms with E-state index in [2.05, 4.69) is 198 Å². The quantitative estimate of drug-likeness (QED) is 0.165. The van der Waals surface area contributed by atoms with Gasteiger partial charge in [-0.1, -0.05) is 108 Å². The van der Waals surface area contributed by atoms with E-state index >= 15 is 0 Å². The van der Waals surface area contributed by atoms with Gasteiger partial charge in [-0.2, -0.15) is 0 Å². The van der Waals surface area contributed by atoms with E-state index in [4.69, 9.17) is 4.98 Å². The van der Waals surface area contributed by atoms with Crippen LogP contribution in [0.1, 0.15) is 11.1 Å². The molecule has 262 valence electrons. The molecule has 4 nitrogen and oxygen atoms in total. The van der Waals surface area contributed by atoms with Crippen LogP contribution in [-0.4, -0.2) is 14.0 Å². The fourth-order valence-electron chi connectivity index (χ4n) is 7.78. The number of aromatic nitrogens is 3. The number of imidazole rings is 1. The Bertz CT molecular complexity index is 2820. The third-order valence-corrected chi connectivity index (χ3v) is 10.7. The second-order valence-corrected chi connectivity index (χ2v) is 14.4. The van der Waals surface area contributed by atoms with Gasteiger partial charge in [-0.15, -0.1) is 0 Å². The van der Waals surface area contributed by atoms with E-state index in [1.165, 1.54) is 55.2 Å². The van der Waals surface area contributed by atoms with Gasteiger partial charge in [-0.25, -0.2) is 4.98 Å². The third kappa shape index (κ3) is 5.94. The molecular weight excluding hydrogens is 669 g/mol. The van der Waals surface area contributed by atoms with Crippen molar-refractivity contribution in [3.8, 4) is 39.2 Å². The van der Waals surface area contributed by atoms with Gasteiger partial charge in [0, 0.05) is 51.5 Å². The van der Waals surface area contributed by atoms with Gasteiger partial charge in [0.2, 0.25) is 0 Å². The lowest BCUT2D eigenvalue weighted by Gasteiger charge is -2.26. The van der Waals surface area contributed by atoms with Gasteiger partial charge in [-0.05, 0) is 121 Å². The van der Waals surface area contributed by atoms with E-state index in [9.17, 15) is 0 Å². The molecule has 10 aromatic rings. The zero-order valence-corrected chi connectivity index (χ0v) is 30.8. The highest BCUT2D eigenvalue weighted by Crippen LogP contribution is 2.40. The molecule has 7 aromatic carbocycles. The van der Waals surface area contributed by atoms with Gasteiger partial charge in [0.25, 0.3) is 0 Å². The van der Waals surface area contributed by atoms with Gasteiger partial charge < -0.3 is 13.9 Å². The van der Waals surface area contributed by atoms with Crippen LogP contribution in [0.2, 0.25) is 0 Å². The highest BCUT2D eigenvalue weighted by molar-refractivity contribution is 6.11. The highest BCUT2D eigenvalue weighted by atomic mass is 15.1. The Hall–Kier alpha value is -7.17. The Labute approximate surface area is 320 Å². The number of nitrogens with zero attached hydrogens (tertiary/aromatic N) is 4. The van der Waals surface area contributed by atoms with Crippen LogP contribution in [0.25, 0.3) is 66.7 Å². The van der Waals surface area contributed by atoms with Crippen molar-refractivity contribution in [2.24, 2.45) is 0 Å². The van der Waals surface area contributed by atoms with Crippen molar-refractivity contribution in [2.45, 2.75) is 13.8 Å². The van der Waals surface area contributed by atoms with Gasteiger partial charge in [0.05, 0.1) is 16.7 Å². The van der Waals surface area contributed by atoms with Crippen LogP contribution in [0.3, 0.4) is 0 Å². The number of hydrogen-bond donors (Lipinski definition) is 0. The Kier molecular flexibility index (Phi) is 7.88. The maximum atomic E-state index is 4.84. The minimum Gasteiger partial charge on any atom is -0.311 e. The van der Waals surface area contributed by atoms with Crippen LogP contribution in [-0.2, 0) is 0 Å². The fourth-order valence-corrected chi connectivity index (χ4v) is 7.78. The van der Waals surface area contributed by atoms with Gasteiger partial charge >= 0.3 is 0 Å². The number of pyridine rings is 1. The molecule has 3 heterocycles. The Morgan fingerprint density at radius 3 is 1.49 bits per heavy atom. The van der Waals surface area contributed by atoms with Gasteiger partial charge in [0.1, 0.15) is 5.65 Å².